The van der Waals surface area contributed by atoms with Crippen molar-refractivity contribution < 1.29 is 13.9 Å². The van der Waals surface area contributed by atoms with Crippen LogP contribution in [0.3, 0.4) is 0 Å². The molecule has 0 atom stereocenters. The van der Waals surface area contributed by atoms with E-state index < -0.39 is 0 Å². The number of amides is 1. The normalized spacial score (nSPS) is 10.5. The lowest BCUT2D eigenvalue weighted by atomic mass is 10.1. The summed E-state index contributed by atoms with van der Waals surface area (Å²) in [6.07, 6.45) is 1.70. The van der Waals surface area contributed by atoms with Crippen molar-refractivity contribution in [1.29, 1.82) is 0 Å². The second-order valence-corrected chi connectivity index (χ2v) is 6.00. The molecule has 0 unspecified atom stereocenters. The van der Waals surface area contributed by atoms with Crippen LogP contribution >= 0.6 is 0 Å². The summed E-state index contributed by atoms with van der Waals surface area (Å²) in [5.74, 6) is 1.76. The number of pyridine rings is 1. The zero-order chi connectivity index (χ0) is 17.8. The monoisotopic (exact) mass is 336 g/mol. The van der Waals surface area contributed by atoms with E-state index in [0.717, 1.165) is 16.9 Å². The van der Waals surface area contributed by atoms with Gasteiger partial charge in [0.05, 0.1) is 0 Å². The summed E-state index contributed by atoms with van der Waals surface area (Å²) in [4.78, 5) is 16.3. The summed E-state index contributed by atoms with van der Waals surface area (Å²) < 4.78 is 11.3. The molecule has 128 valence electrons. The van der Waals surface area contributed by atoms with Crippen molar-refractivity contribution in [2.24, 2.45) is 0 Å². The Morgan fingerprint density at radius 1 is 1.08 bits per heavy atom. The first kappa shape index (κ1) is 16.8. The van der Waals surface area contributed by atoms with Gasteiger partial charge in [0.1, 0.15) is 23.9 Å². The predicted octanol–water partition coefficient (Wildman–Crippen LogP) is 4.43. The van der Waals surface area contributed by atoms with Crippen LogP contribution < -0.4 is 10.1 Å². The van der Waals surface area contributed by atoms with E-state index in [1.54, 1.807) is 24.4 Å². The highest BCUT2D eigenvalue weighted by molar-refractivity contribution is 6.01. The molecule has 25 heavy (non-hydrogen) atoms. The number of aromatic nitrogens is 1. The highest BCUT2D eigenvalue weighted by Gasteiger charge is 2.12. The van der Waals surface area contributed by atoms with Crippen molar-refractivity contribution >= 4 is 11.7 Å². The lowest BCUT2D eigenvalue weighted by Crippen LogP contribution is -2.12. The molecule has 1 N–H and O–H groups in total. The van der Waals surface area contributed by atoms with E-state index in [1.807, 2.05) is 39.0 Å². The first-order valence-corrected chi connectivity index (χ1v) is 8.04. The maximum Gasteiger partial charge on any atom is 0.292 e. The number of carbonyl (C=O) groups is 1. The number of aryl methyl sites for hydroxylation is 3. The molecule has 1 aromatic carbocycles. The van der Waals surface area contributed by atoms with Gasteiger partial charge in [-0.1, -0.05) is 23.8 Å². The second-order valence-electron chi connectivity index (χ2n) is 6.00. The van der Waals surface area contributed by atoms with Gasteiger partial charge in [-0.25, -0.2) is 4.98 Å². The minimum atomic E-state index is -0.339. The number of anilines is 1. The molecule has 2 heterocycles. The molecule has 5 nitrogen and oxygen atoms in total. The van der Waals surface area contributed by atoms with E-state index in [4.69, 9.17) is 9.15 Å². The zero-order valence-electron chi connectivity index (χ0n) is 14.5. The van der Waals surface area contributed by atoms with E-state index in [1.165, 1.54) is 5.56 Å². The van der Waals surface area contributed by atoms with Crippen LogP contribution in [-0.2, 0) is 6.61 Å². The highest BCUT2D eigenvalue weighted by Crippen LogP contribution is 2.20. The number of ether oxygens (including phenoxy) is 1. The van der Waals surface area contributed by atoms with Gasteiger partial charge in [0.15, 0.2) is 5.76 Å². The van der Waals surface area contributed by atoms with Crippen LogP contribution in [0.1, 0.15) is 33.0 Å². The fourth-order valence-electron chi connectivity index (χ4n) is 2.41. The second kappa shape index (κ2) is 7.21. The molecule has 0 spiro atoms. The van der Waals surface area contributed by atoms with Crippen LogP contribution in [0.4, 0.5) is 5.82 Å². The summed E-state index contributed by atoms with van der Waals surface area (Å²) in [5, 5.41) is 2.70. The lowest BCUT2D eigenvalue weighted by molar-refractivity contribution is 0.0992. The lowest BCUT2D eigenvalue weighted by Gasteiger charge is -2.08. The molecule has 0 radical (unpaired) electrons. The maximum absolute atomic E-state index is 12.2. The van der Waals surface area contributed by atoms with Crippen LogP contribution in [-0.4, -0.2) is 10.9 Å². The number of rotatable bonds is 5. The molecule has 0 aliphatic heterocycles. The molecule has 3 aromatic rings. The van der Waals surface area contributed by atoms with Crippen molar-refractivity contribution in [3.8, 4) is 5.75 Å². The molecule has 0 aliphatic carbocycles. The van der Waals surface area contributed by atoms with Crippen molar-refractivity contribution in [2.45, 2.75) is 27.4 Å². The van der Waals surface area contributed by atoms with E-state index >= 15 is 0 Å². The van der Waals surface area contributed by atoms with Gasteiger partial charge in [0, 0.05) is 6.20 Å². The Labute approximate surface area is 146 Å². The first-order valence-electron chi connectivity index (χ1n) is 8.04. The number of hydrogen-bond acceptors (Lipinski definition) is 4. The largest absolute Gasteiger partial charge is 0.485 e. The molecule has 1 amide bonds. The zero-order valence-corrected chi connectivity index (χ0v) is 14.5. The van der Waals surface area contributed by atoms with Crippen molar-refractivity contribution in [2.75, 3.05) is 5.32 Å². The molecule has 3 rings (SSSR count). The minimum absolute atomic E-state index is 0.224. The number of benzene rings is 1. The molecule has 0 saturated carbocycles. The standard InChI is InChI=1S/C20H20N2O3/c1-13-4-7-17(15(3)10-13)24-12-16-6-8-18(25-16)20(23)22-19-9-5-14(2)11-21-19/h4-11H,12H2,1-3H3,(H,21,22,23). The van der Waals surface area contributed by atoms with Crippen LogP contribution in [0.2, 0.25) is 0 Å². The quantitative estimate of drug-likeness (QED) is 0.748. The van der Waals surface area contributed by atoms with Crippen molar-refractivity contribution in [3.05, 3.63) is 76.9 Å². The Hall–Kier alpha value is -3.08. The number of nitrogens with zero attached hydrogens (tertiary/aromatic N) is 1. The molecule has 0 fully saturated rings. The van der Waals surface area contributed by atoms with Gasteiger partial charge >= 0.3 is 0 Å². The number of carbonyl (C=O) groups excluding carboxylic acids is 1. The van der Waals surface area contributed by atoms with E-state index in [2.05, 4.69) is 16.4 Å². The van der Waals surface area contributed by atoms with Crippen LogP contribution in [0.25, 0.3) is 0 Å². The van der Waals surface area contributed by atoms with Gasteiger partial charge in [-0.15, -0.1) is 0 Å². The average molecular weight is 336 g/mol. The molecular weight excluding hydrogens is 316 g/mol. The fraction of sp³-hybridized carbons (Fsp3) is 0.200. The van der Waals surface area contributed by atoms with Crippen LogP contribution in [0, 0.1) is 20.8 Å². The Kier molecular flexibility index (Phi) is 4.84. The molecule has 0 bridgehead atoms. The Morgan fingerprint density at radius 3 is 2.60 bits per heavy atom. The first-order chi connectivity index (χ1) is 12.0. The van der Waals surface area contributed by atoms with Gasteiger partial charge in [-0.05, 0) is 56.2 Å². The molecule has 0 aliphatic rings. The number of furan rings is 1. The molecule has 2 aromatic heterocycles. The van der Waals surface area contributed by atoms with Gasteiger partial charge in [-0.2, -0.15) is 0 Å². The molecular formula is C20H20N2O3. The van der Waals surface area contributed by atoms with Gasteiger partial charge in [-0.3, -0.25) is 4.79 Å². The minimum Gasteiger partial charge on any atom is -0.485 e. The summed E-state index contributed by atoms with van der Waals surface area (Å²) >= 11 is 0. The van der Waals surface area contributed by atoms with Crippen LogP contribution in [0.15, 0.2) is 53.1 Å². The average Bonchev–Trinajstić information content (AvgIpc) is 3.05. The summed E-state index contributed by atoms with van der Waals surface area (Å²) in [6, 6.07) is 13.0. The summed E-state index contributed by atoms with van der Waals surface area (Å²) in [5.41, 5.74) is 3.28. The van der Waals surface area contributed by atoms with Crippen LogP contribution in [0.5, 0.6) is 5.75 Å². The highest BCUT2D eigenvalue weighted by atomic mass is 16.5. The Morgan fingerprint density at radius 2 is 1.88 bits per heavy atom. The number of nitrogens with one attached hydrogen (secondary N) is 1. The fourth-order valence-corrected chi connectivity index (χ4v) is 2.41. The third kappa shape index (κ3) is 4.26. The van der Waals surface area contributed by atoms with Gasteiger partial charge < -0.3 is 14.5 Å². The third-order valence-corrected chi connectivity index (χ3v) is 3.74. The van der Waals surface area contributed by atoms with Gasteiger partial charge in [0.2, 0.25) is 0 Å². The predicted molar refractivity (Wildman–Crippen MR) is 95.9 cm³/mol. The Balaban J connectivity index is 1.61. The maximum atomic E-state index is 12.2. The Bertz CT molecular complexity index is 882. The summed E-state index contributed by atoms with van der Waals surface area (Å²) in [7, 11) is 0. The summed E-state index contributed by atoms with van der Waals surface area (Å²) in [6.45, 7) is 6.24. The SMILES string of the molecule is Cc1ccc(NC(=O)c2ccc(COc3ccc(C)cc3C)o2)nc1. The third-order valence-electron chi connectivity index (χ3n) is 3.74. The van der Waals surface area contributed by atoms with E-state index in [9.17, 15) is 4.79 Å². The van der Waals surface area contributed by atoms with E-state index in [0.29, 0.717) is 11.6 Å². The topological polar surface area (TPSA) is 64.4 Å². The van der Waals surface area contributed by atoms with Gasteiger partial charge in [0.25, 0.3) is 5.91 Å². The molecule has 5 heteroatoms. The van der Waals surface area contributed by atoms with E-state index in [-0.39, 0.29) is 18.3 Å². The number of hydrogen-bond donors (Lipinski definition) is 1. The molecule has 0 saturated heterocycles. The van der Waals surface area contributed by atoms with Crippen molar-refractivity contribution in [1.82, 2.24) is 4.98 Å². The smallest absolute Gasteiger partial charge is 0.292 e. The van der Waals surface area contributed by atoms with Crippen molar-refractivity contribution in [3.63, 3.8) is 0 Å².